The normalized spacial score (nSPS) is 23.4. The molecule has 0 radical (unpaired) electrons. The summed E-state index contributed by atoms with van der Waals surface area (Å²) in [6.07, 6.45) is 4.57. The Morgan fingerprint density at radius 3 is 2.52 bits per heavy atom. The summed E-state index contributed by atoms with van der Waals surface area (Å²) >= 11 is 0. The van der Waals surface area contributed by atoms with Gasteiger partial charge in [0.1, 0.15) is 12.6 Å². The van der Waals surface area contributed by atoms with E-state index < -0.39 is 6.04 Å². The summed E-state index contributed by atoms with van der Waals surface area (Å²) in [6, 6.07) is 6.72. The number of piperidine rings is 1. The van der Waals surface area contributed by atoms with Gasteiger partial charge in [0.25, 0.3) is 5.91 Å². The number of para-hydroxylation sites is 1. The molecule has 6 heteroatoms. The minimum atomic E-state index is -0.444. The second-order valence-electron chi connectivity index (χ2n) is 7.04. The van der Waals surface area contributed by atoms with Gasteiger partial charge in [-0.2, -0.15) is 0 Å². The Morgan fingerprint density at radius 1 is 1.00 bits per heavy atom. The molecule has 1 unspecified atom stereocenters. The van der Waals surface area contributed by atoms with Crippen molar-refractivity contribution in [2.75, 3.05) is 31.1 Å². The number of hydrogen-bond donors (Lipinski definition) is 0. The quantitative estimate of drug-likeness (QED) is 0.822. The molecule has 132 valence electrons. The summed E-state index contributed by atoms with van der Waals surface area (Å²) in [6.45, 7) is 2.15. The average molecular weight is 341 g/mol. The highest BCUT2D eigenvalue weighted by Crippen LogP contribution is 2.31. The van der Waals surface area contributed by atoms with Crippen molar-refractivity contribution in [3.63, 3.8) is 0 Å². The summed E-state index contributed by atoms with van der Waals surface area (Å²) in [5.41, 5.74) is 1.09. The van der Waals surface area contributed by atoms with Crippen LogP contribution in [-0.2, 0) is 9.59 Å². The van der Waals surface area contributed by atoms with Gasteiger partial charge in [-0.05, 0) is 44.2 Å². The predicted octanol–water partition coefficient (Wildman–Crippen LogP) is 1.65. The van der Waals surface area contributed by atoms with Crippen molar-refractivity contribution in [3.8, 4) is 0 Å². The zero-order chi connectivity index (χ0) is 17.4. The third-order valence-electron chi connectivity index (χ3n) is 5.49. The molecule has 3 aliphatic heterocycles. The molecule has 1 aromatic carbocycles. The second-order valence-corrected chi connectivity index (χ2v) is 7.04. The monoisotopic (exact) mass is 341 g/mol. The lowest BCUT2D eigenvalue weighted by atomic mass is 10.0. The van der Waals surface area contributed by atoms with Gasteiger partial charge in [0, 0.05) is 19.6 Å². The van der Waals surface area contributed by atoms with E-state index in [1.54, 1.807) is 21.9 Å². The first kappa shape index (κ1) is 16.1. The molecule has 3 heterocycles. The largest absolute Gasteiger partial charge is 0.341 e. The molecule has 0 spiro atoms. The lowest BCUT2D eigenvalue weighted by Crippen LogP contribution is -2.52. The lowest BCUT2D eigenvalue weighted by molar-refractivity contribution is -0.131. The summed E-state index contributed by atoms with van der Waals surface area (Å²) in [5, 5.41) is 0. The Kier molecular flexibility index (Phi) is 4.19. The fraction of sp³-hybridized carbons (Fsp3) is 0.526. The van der Waals surface area contributed by atoms with Crippen molar-refractivity contribution >= 4 is 23.4 Å². The van der Waals surface area contributed by atoms with Gasteiger partial charge in [-0.15, -0.1) is 0 Å². The zero-order valence-electron chi connectivity index (χ0n) is 14.3. The molecule has 6 nitrogen and oxygen atoms in total. The van der Waals surface area contributed by atoms with Crippen LogP contribution in [0.4, 0.5) is 5.69 Å². The Bertz CT molecular complexity index is 712. The molecule has 3 amide bonds. The van der Waals surface area contributed by atoms with Gasteiger partial charge in [-0.3, -0.25) is 14.4 Å². The standard InChI is InChI=1S/C19H23N3O3/c23-17(20-10-5-6-11-20)13-22-15-8-2-1-7-14(15)18(24)21-12-4-3-9-16(21)19(22)25/h1-2,7-8,16H,3-6,9-13H2. The number of carbonyl (C=O) groups is 3. The molecule has 3 aliphatic rings. The Balaban J connectivity index is 1.70. The van der Waals surface area contributed by atoms with E-state index in [4.69, 9.17) is 0 Å². The van der Waals surface area contributed by atoms with Gasteiger partial charge in [-0.1, -0.05) is 12.1 Å². The van der Waals surface area contributed by atoms with Crippen LogP contribution in [0.1, 0.15) is 42.5 Å². The fourth-order valence-corrected chi connectivity index (χ4v) is 4.14. The minimum absolute atomic E-state index is 0.0213. The number of anilines is 1. The van der Waals surface area contributed by atoms with Gasteiger partial charge in [0.05, 0.1) is 11.3 Å². The summed E-state index contributed by atoms with van der Waals surface area (Å²) in [4.78, 5) is 43.9. The molecular weight excluding hydrogens is 318 g/mol. The summed E-state index contributed by atoms with van der Waals surface area (Å²) < 4.78 is 0. The maximum Gasteiger partial charge on any atom is 0.256 e. The highest BCUT2D eigenvalue weighted by Gasteiger charge is 2.41. The number of rotatable bonds is 2. The van der Waals surface area contributed by atoms with Crippen molar-refractivity contribution in [3.05, 3.63) is 29.8 Å². The fourth-order valence-electron chi connectivity index (χ4n) is 4.14. The maximum absolute atomic E-state index is 13.2. The third-order valence-corrected chi connectivity index (χ3v) is 5.49. The van der Waals surface area contributed by atoms with Crippen LogP contribution in [0.25, 0.3) is 0 Å². The van der Waals surface area contributed by atoms with Crippen LogP contribution in [0.15, 0.2) is 24.3 Å². The molecule has 0 aliphatic carbocycles. The van der Waals surface area contributed by atoms with Crippen molar-refractivity contribution in [1.82, 2.24) is 9.80 Å². The predicted molar refractivity (Wildman–Crippen MR) is 93.3 cm³/mol. The van der Waals surface area contributed by atoms with E-state index in [2.05, 4.69) is 0 Å². The highest BCUT2D eigenvalue weighted by molar-refractivity contribution is 6.12. The van der Waals surface area contributed by atoms with E-state index in [0.29, 0.717) is 24.2 Å². The van der Waals surface area contributed by atoms with E-state index in [9.17, 15) is 14.4 Å². The van der Waals surface area contributed by atoms with E-state index in [1.807, 2.05) is 17.0 Å². The number of amides is 3. The van der Waals surface area contributed by atoms with Crippen LogP contribution < -0.4 is 4.90 Å². The number of fused-ring (bicyclic) bond motifs is 2. The minimum Gasteiger partial charge on any atom is -0.341 e. The van der Waals surface area contributed by atoms with E-state index >= 15 is 0 Å². The topological polar surface area (TPSA) is 60.9 Å². The molecule has 0 saturated carbocycles. The molecule has 2 saturated heterocycles. The third kappa shape index (κ3) is 2.79. The van der Waals surface area contributed by atoms with Crippen LogP contribution in [0.2, 0.25) is 0 Å². The number of hydrogen-bond acceptors (Lipinski definition) is 3. The Labute approximate surface area is 147 Å². The van der Waals surface area contributed by atoms with Gasteiger partial charge in [0.15, 0.2) is 0 Å². The molecular formula is C19H23N3O3. The lowest BCUT2D eigenvalue weighted by Gasteiger charge is -2.34. The highest BCUT2D eigenvalue weighted by atomic mass is 16.2. The van der Waals surface area contributed by atoms with Crippen LogP contribution >= 0.6 is 0 Å². The van der Waals surface area contributed by atoms with Gasteiger partial charge < -0.3 is 14.7 Å². The van der Waals surface area contributed by atoms with Crippen LogP contribution in [0.3, 0.4) is 0 Å². The Hall–Kier alpha value is -2.37. The molecule has 25 heavy (non-hydrogen) atoms. The second kappa shape index (κ2) is 6.50. The zero-order valence-corrected chi connectivity index (χ0v) is 14.3. The number of benzene rings is 1. The van der Waals surface area contributed by atoms with E-state index in [0.717, 1.165) is 38.8 Å². The molecule has 0 N–H and O–H groups in total. The first-order valence-corrected chi connectivity index (χ1v) is 9.16. The van der Waals surface area contributed by atoms with Crippen LogP contribution in [-0.4, -0.2) is 59.7 Å². The van der Waals surface area contributed by atoms with Crippen molar-refractivity contribution in [1.29, 1.82) is 0 Å². The van der Waals surface area contributed by atoms with E-state index in [-0.39, 0.29) is 24.3 Å². The Morgan fingerprint density at radius 2 is 1.72 bits per heavy atom. The molecule has 1 atom stereocenters. The van der Waals surface area contributed by atoms with Crippen molar-refractivity contribution < 1.29 is 14.4 Å². The summed E-state index contributed by atoms with van der Waals surface area (Å²) in [7, 11) is 0. The molecule has 0 aromatic heterocycles. The van der Waals surface area contributed by atoms with Crippen LogP contribution in [0, 0.1) is 0 Å². The number of carbonyl (C=O) groups excluding carboxylic acids is 3. The average Bonchev–Trinajstić information content (AvgIpc) is 3.17. The van der Waals surface area contributed by atoms with Crippen molar-refractivity contribution in [2.24, 2.45) is 0 Å². The summed E-state index contributed by atoms with van der Waals surface area (Å²) in [5.74, 6) is -0.243. The van der Waals surface area contributed by atoms with E-state index in [1.165, 1.54) is 0 Å². The number of nitrogens with zero attached hydrogens (tertiary/aromatic N) is 3. The molecule has 4 rings (SSSR count). The van der Waals surface area contributed by atoms with Gasteiger partial charge in [0.2, 0.25) is 11.8 Å². The molecule has 0 bridgehead atoms. The maximum atomic E-state index is 13.2. The van der Waals surface area contributed by atoms with Gasteiger partial charge >= 0.3 is 0 Å². The van der Waals surface area contributed by atoms with Crippen molar-refractivity contribution in [2.45, 2.75) is 38.1 Å². The molecule has 2 fully saturated rings. The first-order chi connectivity index (χ1) is 12.2. The number of likely N-dealkylation sites (tertiary alicyclic amines) is 1. The SMILES string of the molecule is O=C(CN1C(=O)C2CCCCN2C(=O)c2ccccc21)N1CCCC1. The first-order valence-electron chi connectivity index (χ1n) is 9.16. The smallest absolute Gasteiger partial charge is 0.256 e. The van der Waals surface area contributed by atoms with Gasteiger partial charge in [-0.25, -0.2) is 0 Å². The molecule has 1 aromatic rings. The van der Waals surface area contributed by atoms with Crippen LogP contribution in [0.5, 0.6) is 0 Å².